The molecule has 0 spiro atoms. The summed E-state index contributed by atoms with van der Waals surface area (Å²) in [5.74, 6) is 8.20. The quantitative estimate of drug-likeness (QED) is 0.211. The number of ether oxygens (including phenoxy) is 3. The minimum Gasteiger partial charge on any atom is -0.379 e. The molecule has 3 fully saturated rings. The molecule has 0 amide bonds. The summed E-state index contributed by atoms with van der Waals surface area (Å²) < 4.78 is 25.2. The second-order valence-corrected chi connectivity index (χ2v) is 12.9. The van der Waals surface area contributed by atoms with E-state index in [-0.39, 0.29) is 12.4 Å². The predicted molar refractivity (Wildman–Crippen MR) is 179 cm³/mol. The molecule has 2 aromatic carbocycles. The minimum atomic E-state index is -0.181. The minimum absolute atomic E-state index is 0.166. The van der Waals surface area contributed by atoms with Gasteiger partial charge in [0.15, 0.2) is 12.1 Å². The van der Waals surface area contributed by atoms with Crippen molar-refractivity contribution in [3.63, 3.8) is 0 Å². The van der Waals surface area contributed by atoms with Crippen molar-refractivity contribution in [2.45, 2.75) is 70.6 Å². The van der Waals surface area contributed by atoms with Gasteiger partial charge in [-0.1, -0.05) is 29.1 Å². The van der Waals surface area contributed by atoms with E-state index in [0.717, 1.165) is 106 Å². The smallest absolute Gasteiger partial charge is 0.167 e. The van der Waals surface area contributed by atoms with E-state index in [1.54, 1.807) is 6.20 Å². The summed E-state index contributed by atoms with van der Waals surface area (Å²) in [6, 6.07) is 19.5. The van der Waals surface area contributed by atoms with Crippen LogP contribution in [0.3, 0.4) is 0 Å². The first-order chi connectivity index (χ1) is 23.2. The number of hydrogen-bond acceptors (Lipinski definition) is 8. The van der Waals surface area contributed by atoms with Crippen LogP contribution in [0.15, 0.2) is 71.5 Å². The van der Waals surface area contributed by atoms with E-state index in [9.17, 15) is 0 Å². The van der Waals surface area contributed by atoms with E-state index in [2.05, 4.69) is 60.6 Å². The van der Waals surface area contributed by atoms with Gasteiger partial charge in [0.2, 0.25) is 0 Å². The second-order valence-electron chi connectivity index (χ2n) is 12.9. The maximum Gasteiger partial charge on any atom is 0.167 e. The van der Waals surface area contributed by atoms with Crippen molar-refractivity contribution in [1.82, 2.24) is 24.5 Å². The third kappa shape index (κ3) is 8.39. The number of nitrogens with zero attached hydrogens (tertiary/aromatic N) is 5. The fourth-order valence-electron chi connectivity index (χ4n) is 6.82. The van der Waals surface area contributed by atoms with Crippen molar-refractivity contribution in [2.75, 3.05) is 46.0 Å². The molecule has 2 aromatic heterocycles. The zero-order chi connectivity index (χ0) is 31.8. The summed E-state index contributed by atoms with van der Waals surface area (Å²) in [5.41, 5.74) is 5.11. The third-order valence-corrected chi connectivity index (χ3v) is 9.50. The van der Waals surface area contributed by atoms with Gasteiger partial charge in [-0.05, 0) is 94.1 Å². The first-order valence-corrected chi connectivity index (χ1v) is 17.2. The van der Waals surface area contributed by atoms with Crippen LogP contribution in [-0.4, -0.2) is 82.8 Å². The molecule has 47 heavy (non-hydrogen) atoms. The van der Waals surface area contributed by atoms with E-state index in [4.69, 9.17) is 18.7 Å². The van der Waals surface area contributed by atoms with Gasteiger partial charge in [0.05, 0.1) is 19.8 Å². The number of hydrogen-bond donors (Lipinski definition) is 0. The lowest BCUT2D eigenvalue weighted by atomic mass is 10.0. The molecule has 0 N–H and O–H groups in total. The normalized spacial score (nSPS) is 20.5. The molecule has 9 heteroatoms. The van der Waals surface area contributed by atoms with E-state index in [1.807, 2.05) is 43.5 Å². The molecule has 0 saturated carbocycles. The van der Waals surface area contributed by atoms with Crippen molar-refractivity contribution in [3.05, 3.63) is 95.2 Å². The largest absolute Gasteiger partial charge is 0.379 e. The van der Waals surface area contributed by atoms with E-state index in [1.165, 1.54) is 18.4 Å². The molecule has 3 saturated heterocycles. The average Bonchev–Trinajstić information content (AvgIpc) is 3.80. The topological polar surface area (TPSA) is 78.0 Å². The summed E-state index contributed by atoms with van der Waals surface area (Å²) in [4.78, 5) is 9.74. The van der Waals surface area contributed by atoms with Crippen molar-refractivity contribution in [3.8, 4) is 23.2 Å². The molecule has 246 valence electrons. The molecule has 7 rings (SSSR count). The van der Waals surface area contributed by atoms with Gasteiger partial charge in [-0.2, -0.15) is 0 Å². The highest BCUT2D eigenvalue weighted by atomic mass is 16.7. The molecule has 0 bridgehead atoms. The number of imidazole rings is 1. The number of benzene rings is 2. The Morgan fingerprint density at radius 2 is 1.62 bits per heavy atom. The molecule has 0 radical (unpaired) electrons. The van der Waals surface area contributed by atoms with Crippen LogP contribution in [0.2, 0.25) is 0 Å². The third-order valence-electron chi connectivity index (χ3n) is 9.50. The molecule has 3 aliphatic heterocycles. The molecule has 9 nitrogen and oxygen atoms in total. The van der Waals surface area contributed by atoms with Crippen molar-refractivity contribution < 1.29 is 18.7 Å². The molecular formula is C38H45N5O4. The van der Waals surface area contributed by atoms with Gasteiger partial charge in [-0.25, -0.2) is 4.98 Å². The van der Waals surface area contributed by atoms with Crippen LogP contribution in [0, 0.1) is 11.8 Å². The maximum absolute atomic E-state index is 6.13. The summed E-state index contributed by atoms with van der Waals surface area (Å²) in [5, 5.41) is 4.32. The Bertz CT molecular complexity index is 1620. The van der Waals surface area contributed by atoms with Crippen molar-refractivity contribution in [2.24, 2.45) is 0 Å². The molecule has 3 aliphatic rings. The highest BCUT2D eigenvalue weighted by Crippen LogP contribution is 2.25. The van der Waals surface area contributed by atoms with Crippen molar-refractivity contribution >= 4 is 0 Å². The second kappa shape index (κ2) is 15.4. The Balaban J connectivity index is 0.897. The first-order valence-electron chi connectivity index (χ1n) is 17.2. The standard InChI is InChI=1S/C38H45N5O4/c1-29(46-37-4-2-3-23-45-37)38-39-17-20-43(38)28-34-26-36(47-40-34)33-13-11-31(12-14-33)6-5-30-7-9-32(10-8-30)27-41-18-15-35(16-19-41)42-21-24-44-25-22-42/h7-14,17,20,26,29,35,37H,2-4,15-16,18-19,21-25,27-28H2,1H3/t29-,37?/m0/s1. The molecule has 5 heterocycles. The fourth-order valence-corrected chi connectivity index (χ4v) is 6.82. The lowest BCUT2D eigenvalue weighted by molar-refractivity contribution is -0.188. The summed E-state index contributed by atoms with van der Waals surface area (Å²) >= 11 is 0. The average molecular weight is 636 g/mol. The summed E-state index contributed by atoms with van der Waals surface area (Å²) in [6.45, 7) is 10.6. The Morgan fingerprint density at radius 3 is 2.34 bits per heavy atom. The van der Waals surface area contributed by atoms with Gasteiger partial charge >= 0.3 is 0 Å². The molecule has 2 atom stereocenters. The first kappa shape index (κ1) is 31.8. The van der Waals surface area contributed by atoms with Crippen LogP contribution in [-0.2, 0) is 27.3 Å². The number of piperidine rings is 1. The number of likely N-dealkylation sites (tertiary alicyclic amines) is 1. The molecule has 1 unspecified atom stereocenters. The van der Waals surface area contributed by atoms with E-state index in [0.29, 0.717) is 12.6 Å². The monoisotopic (exact) mass is 635 g/mol. The van der Waals surface area contributed by atoms with Crippen LogP contribution in [0.5, 0.6) is 0 Å². The maximum atomic E-state index is 6.13. The number of morpholine rings is 1. The van der Waals surface area contributed by atoms with Crippen LogP contribution >= 0.6 is 0 Å². The summed E-state index contributed by atoms with van der Waals surface area (Å²) in [7, 11) is 0. The molecule has 0 aliphatic carbocycles. The van der Waals surface area contributed by atoms with Crippen LogP contribution < -0.4 is 0 Å². The number of aromatic nitrogens is 3. The van der Waals surface area contributed by atoms with Crippen LogP contribution in [0.4, 0.5) is 0 Å². The van der Waals surface area contributed by atoms with Crippen molar-refractivity contribution in [1.29, 1.82) is 0 Å². The van der Waals surface area contributed by atoms with Gasteiger partial charge in [-0.15, -0.1) is 0 Å². The predicted octanol–water partition coefficient (Wildman–Crippen LogP) is 5.89. The van der Waals surface area contributed by atoms with Crippen LogP contribution in [0.1, 0.15) is 73.3 Å². The molecular weight excluding hydrogens is 590 g/mol. The van der Waals surface area contributed by atoms with E-state index < -0.39 is 0 Å². The van der Waals surface area contributed by atoms with Gasteiger partial charge < -0.3 is 23.3 Å². The zero-order valence-corrected chi connectivity index (χ0v) is 27.4. The SMILES string of the molecule is C[C@H](OC1CCCCO1)c1nccn1Cc1cc(-c2ccc(C#Cc3ccc(CN4CCC(N5CCOCC5)CC4)cc3)cc2)on1. The van der Waals surface area contributed by atoms with Gasteiger partial charge in [0.25, 0.3) is 0 Å². The zero-order valence-electron chi connectivity index (χ0n) is 27.4. The Morgan fingerprint density at radius 1 is 0.872 bits per heavy atom. The Kier molecular flexibility index (Phi) is 10.4. The fraction of sp³-hybridized carbons (Fsp3) is 0.474. The van der Waals surface area contributed by atoms with E-state index >= 15 is 0 Å². The Hall–Kier alpha value is -3.78. The lowest BCUT2D eigenvalue weighted by Crippen LogP contribution is -2.48. The lowest BCUT2D eigenvalue weighted by Gasteiger charge is -2.40. The Labute approximate surface area is 277 Å². The number of rotatable bonds is 9. The highest BCUT2D eigenvalue weighted by Gasteiger charge is 2.26. The molecule has 4 aromatic rings. The van der Waals surface area contributed by atoms with Gasteiger partial charge in [0, 0.05) is 67.4 Å². The highest BCUT2D eigenvalue weighted by molar-refractivity contribution is 5.59. The summed E-state index contributed by atoms with van der Waals surface area (Å²) in [6.07, 6.45) is 9.04. The van der Waals surface area contributed by atoms with Gasteiger partial charge in [-0.3, -0.25) is 9.80 Å². The van der Waals surface area contributed by atoms with Crippen LogP contribution in [0.25, 0.3) is 11.3 Å². The van der Waals surface area contributed by atoms with Gasteiger partial charge in [0.1, 0.15) is 17.6 Å².